The van der Waals surface area contributed by atoms with Crippen LogP contribution < -0.4 is 5.32 Å². The van der Waals surface area contributed by atoms with Crippen LogP contribution >= 0.6 is 0 Å². The van der Waals surface area contributed by atoms with Gasteiger partial charge in [0.05, 0.1) is 17.4 Å². The number of hydrogen-bond donors (Lipinski definition) is 1. The van der Waals surface area contributed by atoms with Crippen LogP contribution in [0.15, 0.2) is 0 Å². The highest BCUT2D eigenvalue weighted by Gasteiger charge is 2.38. The van der Waals surface area contributed by atoms with Crippen molar-refractivity contribution < 1.29 is 13.2 Å². The minimum atomic E-state index is -2.96. The highest BCUT2D eigenvalue weighted by atomic mass is 32.2. The largest absolute Gasteiger partial charge is 0.341 e. The van der Waals surface area contributed by atoms with Gasteiger partial charge in [0.25, 0.3) is 0 Å². The van der Waals surface area contributed by atoms with Crippen molar-refractivity contribution in [2.24, 2.45) is 5.92 Å². The summed E-state index contributed by atoms with van der Waals surface area (Å²) in [6.45, 7) is 1.54. The van der Waals surface area contributed by atoms with Gasteiger partial charge in [-0.3, -0.25) is 4.79 Å². The fourth-order valence-corrected chi connectivity index (χ4v) is 5.12. The van der Waals surface area contributed by atoms with Crippen LogP contribution in [0.3, 0.4) is 0 Å². The van der Waals surface area contributed by atoms with E-state index in [2.05, 4.69) is 5.32 Å². The third kappa shape index (κ3) is 2.40. The van der Waals surface area contributed by atoms with Crippen molar-refractivity contribution in [3.8, 4) is 0 Å². The molecule has 3 saturated heterocycles. The lowest BCUT2D eigenvalue weighted by molar-refractivity contribution is -0.135. The molecule has 0 aliphatic carbocycles. The molecule has 0 radical (unpaired) electrons. The summed E-state index contributed by atoms with van der Waals surface area (Å²) in [5.41, 5.74) is 0. The quantitative estimate of drug-likeness (QED) is 0.716. The number of amides is 1. The van der Waals surface area contributed by atoms with E-state index in [4.69, 9.17) is 0 Å². The second-order valence-electron chi connectivity index (χ2n) is 5.81. The van der Waals surface area contributed by atoms with Crippen molar-refractivity contribution >= 4 is 15.7 Å². The molecule has 1 amide bonds. The molecule has 3 aliphatic rings. The van der Waals surface area contributed by atoms with E-state index in [1.54, 1.807) is 0 Å². The monoisotopic (exact) mass is 272 g/mol. The summed E-state index contributed by atoms with van der Waals surface area (Å²) in [4.78, 5) is 14.2. The Bertz CT molecular complexity index is 448. The fourth-order valence-electron chi connectivity index (χ4n) is 3.39. The van der Waals surface area contributed by atoms with Crippen LogP contribution in [0.25, 0.3) is 0 Å². The Kier molecular flexibility index (Phi) is 3.10. The first-order chi connectivity index (χ1) is 8.53. The summed E-state index contributed by atoms with van der Waals surface area (Å²) in [7, 11) is -2.96. The zero-order chi connectivity index (χ0) is 12.8. The molecule has 6 heteroatoms. The van der Waals surface area contributed by atoms with Crippen molar-refractivity contribution in [2.75, 3.05) is 24.6 Å². The van der Waals surface area contributed by atoms with E-state index in [-0.39, 0.29) is 23.3 Å². The number of carbonyl (C=O) groups is 1. The van der Waals surface area contributed by atoms with Crippen molar-refractivity contribution in [2.45, 2.75) is 37.8 Å². The molecule has 3 rings (SSSR count). The molecule has 3 heterocycles. The second-order valence-corrected chi connectivity index (χ2v) is 8.04. The van der Waals surface area contributed by atoms with Gasteiger partial charge in [-0.05, 0) is 25.7 Å². The zero-order valence-corrected chi connectivity index (χ0v) is 11.3. The highest BCUT2D eigenvalue weighted by molar-refractivity contribution is 7.91. The van der Waals surface area contributed by atoms with Crippen LogP contribution in [0.5, 0.6) is 0 Å². The Balaban J connectivity index is 1.66. The van der Waals surface area contributed by atoms with Crippen molar-refractivity contribution in [3.05, 3.63) is 0 Å². The molecule has 1 N–H and O–H groups in total. The molecule has 3 unspecified atom stereocenters. The van der Waals surface area contributed by atoms with Crippen LogP contribution in [0.2, 0.25) is 0 Å². The maximum atomic E-state index is 12.4. The average Bonchev–Trinajstić information content (AvgIpc) is 2.81. The molecule has 3 fully saturated rings. The van der Waals surface area contributed by atoms with E-state index >= 15 is 0 Å². The molecule has 0 aromatic carbocycles. The van der Waals surface area contributed by atoms with Gasteiger partial charge in [-0.2, -0.15) is 0 Å². The highest BCUT2D eigenvalue weighted by Crippen LogP contribution is 2.25. The molecule has 0 aromatic heterocycles. The molecular weight excluding hydrogens is 252 g/mol. The molecule has 102 valence electrons. The number of nitrogens with zero attached hydrogens (tertiary/aromatic N) is 1. The van der Waals surface area contributed by atoms with E-state index < -0.39 is 9.84 Å². The van der Waals surface area contributed by atoms with Gasteiger partial charge >= 0.3 is 0 Å². The summed E-state index contributed by atoms with van der Waals surface area (Å²) >= 11 is 0. The van der Waals surface area contributed by atoms with Gasteiger partial charge in [-0.1, -0.05) is 0 Å². The standard InChI is InChI=1S/C12H20N2O3S/c15-12(9-4-6-18(16,17)8-9)14-5-3-10-1-2-11(7-14)13-10/h9-11,13H,1-8H2. The Labute approximate surface area is 108 Å². The minimum Gasteiger partial charge on any atom is -0.341 e. The lowest BCUT2D eigenvalue weighted by Gasteiger charge is -2.26. The topological polar surface area (TPSA) is 66.5 Å². The lowest BCUT2D eigenvalue weighted by atomic mass is 10.0. The maximum absolute atomic E-state index is 12.4. The summed E-state index contributed by atoms with van der Waals surface area (Å²) in [5.74, 6) is 0.0165. The van der Waals surface area contributed by atoms with Gasteiger partial charge in [0, 0.05) is 25.2 Å². The first kappa shape index (κ1) is 12.4. The normalized spacial score (nSPS) is 38.7. The third-order valence-electron chi connectivity index (χ3n) is 4.42. The Morgan fingerprint density at radius 3 is 2.61 bits per heavy atom. The Hall–Kier alpha value is -0.620. The molecule has 18 heavy (non-hydrogen) atoms. The van der Waals surface area contributed by atoms with E-state index in [1.807, 2.05) is 4.90 Å². The molecule has 0 saturated carbocycles. The first-order valence-corrected chi connectivity index (χ1v) is 8.61. The number of likely N-dealkylation sites (tertiary alicyclic amines) is 1. The molecule has 2 bridgehead atoms. The molecule has 0 aromatic rings. The number of carbonyl (C=O) groups excluding carboxylic acids is 1. The van der Waals surface area contributed by atoms with Gasteiger partial charge in [-0.25, -0.2) is 8.42 Å². The van der Waals surface area contributed by atoms with Gasteiger partial charge in [0.15, 0.2) is 9.84 Å². The number of sulfone groups is 1. The predicted octanol–water partition coefficient (Wildman–Crippen LogP) is -0.226. The third-order valence-corrected chi connectivity index (χ3v) is 6.18. The van der Waals surface area contributed by atoms with E-state index in [0.29, 0.717) is 18.5 Å². The number of rotatable bonds is 1. The summed E-state index contributed by atoms with van der Waals surface area (Å²) < 4.78 is 22.9. The number of hydrogen-bond acceptors (Lipinski definition) is 4. The van der Waals surface area contributed by atoms with Gasteiger partial charge in [0.1, 0.15) is 0 Å². The van der Waals surface area contributed by atoms with Gasteiger partial charge in [0.2, 0.25) is 5.91 Å². The Morgan fingerprint density at radius 1 is 1.11 bits per heavy atom. The van der Waals surface area contributed by atoms with E-state index in [9.17, 15) is 13.2 Å². The maximum Gasteiger partial charge on any atom is 0.226 e. The SMILES string of the molecule is O=C(C1CCS(=O)(=O)C1)N1CCC2CCC(C1)N2. The van der Waals surface area contributed by atoms with Crippen molar-refractivity contribution in [3.63, 3.8) is 0 Å². The van der Waals surface area contributed by atoms with Crippen LogP contribution in [-0.4, -0.2) is 55.9 Å². The lowest BCUT2D eigenvalue weighted by Crippen LogP contribution is -2.42. The van der Waals surface area contributed by atoms with Gasteiger partial charge in [-0.15, -0.1) is 0 Å². The van der Waals surface area contributed by atoms with E-state index in [0.717, 1.165) is 25.9 Å². The molecular formula is C12H20N2O3S. The summed E-state index contributed by atoms with van der Waals surface area (Å²) in [6, 6.07) is 0.972. The number of nitrogens with one attached hydrogen (secondary N) is 1. The van der Waals surface area contributed by atoms with Crippen LogP contribution in [-0.2, 0) is 14.6 Å². The first-order valence-electron chi connectivity index (χ1n) is 6.79. The van der Waals surface area contributed by atoms with Crippen LogP contribution in [0.1, 0.15) is 25.7 Å². The van der Waals surface area contributed by atoms with E-state index in [1.165, 1.54) is 6.42 Å². The summed E-state index contributed by atoms with van der Waals surface area (Å²) in [6.07, 6.45) is 3.86. The molecule has 5 nitrogen and oxygen atoms in total. The minimum absolute atomic E-state index is 0.0594. The van der Waals surface area contributed by atoms with Crippen molar-refractivity contribution in [1.29, 1.82) is 0 Å². The van der Waals surface area contributed by atoms with Crippen molar-refractivity contribution in [1.82, 2.24) is 10.2 Å². The second kappa shape index (κ2) is 4.49. The van der Waals surface area contributed by atoms with Gasteiger partial charge < -0.3 is 10.2 Å². The smallest absolute Gasteiger partial charge is 0.226 e. The molecule has 3 aliphatic heterocycles. The average molecular weight is 272 g/mol. The molecule has 3 atom stereocenters. The summed E-state index contributed by atoms with van der Waals surface area (Å²) in [5, 5.41) is 3.53. The predicted molar refractivity (Wildman–Crippen MR) is 67.9 cm³/mol. The van der Waals surface area contributed by atoms with Crippen LogP contribution in [0, 0.1) is 5.92 Å². The molecule has 0 spiro atoms. The Morgan fingerprint density at radius 2 is 1.89 bits per heavy atom. The number of fused-ring (bicyclic) bond motifs is 2. The zero-order valence-electron chi connectivity index (χ0n) is 10.5. The van der Waals surface area contributed by atoms with Crippen LogP contribution in [0.4, 0.5) is 0 Å². The fraction of sp³-hybridized carbons (Fsp3) is 0.917.